The molecule has 1 aromatic rings. The topological polar surface area (TPSA) is 27.7 Å². The molecule has 0 bridgehead atoms. The summed E-state index contributed by atoms with van der Waals surface area (Å²) < 4.78 is 17.1. The summed E-state index contributed by atoms with van der Waals surface area (Å²) in [5.41, 5.74) is 1.01. The van der Waals surface area contributed by atoms with Gasteiger partial charge in [0.05, 0.1) is 25.7 Å². The Balaban J connectivity index is 2.17. The summed E-state index contributed by atoms with van der Waals surface area (Å²) in [7, 11) is 3.24. The smallest absolute Gasteiger partial charge is 0.161 e. The van der Waals surface area contributed by atoms with E-state index < -0.39 is 0 Å². The number of halogens is 2. The Labute approximate surface area is 127 Å². The molecule has 5 heteroatoms. The third kappa shape index (κ3) is 3.56. The first-order valence-corrected chi connectivity index (χ1v) is 7.55. The number of alkyl halides is 1. The van der Waals surface area contributed by atoms with E-state index in [1.807, 2.05) is 12.1 Å². The van der Waals surface area contributed by atoms with Crippen LogP contribution in [0.15, 0.2) is 16.6 Å². The van der Waals surface area contributed by atoms with Crippen LogP contribution in [0.1, 0.15) is 30.2 Å². The summed E-state index contributed by atoms with van der Waals surface area (Å²) >= 11 is 10.1. The minimum Gasteiger partial charge on any atom is -0.493 e. The van der Waals surface area contributed by atoms with Crippen molar-refractivity contribution in [3.63, 3.8) is 0 Å². The Kier molecular flexibility index (Phi) is 5.37. The van der Waals surface area contributed by atoms with Gasteiger partial charge in [0.25, 0.3) is 0 Å². The molecular formula is C14H18BrClO3. The minimum atomic E-state index is -0.0997. The molecule has 0 saturated carbocycles. The molecule has 0 aliphatic carbocycles. The Morgan fingerprint density at radius 1 is 1.37 bits per heavy atom. The van der Waals surface area contributed by atoms with Gasteiger partial charge in [-0.3, -0.25) is 0 Å². The lowest BCUT2D eigenvalue weighted by molar-refractivity contribution is 0.103. The first-order valence-electron chi connectivity index (χ1n) is 6.32. The first-order chi connectivity index (χ1) is 9.15. The maximum Gasteiger partial charge on any atom is 0.161 e. The van der Waals surface area contributed by atoms with Crippen LogP contribution < -0.4 is 9.47 Å². The van der Waals surface area contributed by atoms with Crippen molar-refractivity contribution in [3.05, 3.63) is 22.2 Å². The average molecular weight is 350 g/mol. The van der Waals surface area contributed by atoms with Gasteiger partial charge in [-0.25, -0.2) is 0 Å². The highest BCUT2D eigenvalue weighted by Crippen LogP contribution is 2.40. The molecule has 0 aromatic heterocycles. The highest BCUT2D eigenvalue weighted by atomic mass is 79.9. The molecule has 1 aliphatic rings. The van der Waals surface area contributed by atoms with E-state index in [0.717, 1.165) is 35.9 Å². The third-order valence-corrected chi connectivity index (χ3v) is 4.43. The minimum absolute atomic E-state index is 0.0997. The van der Waals surface area contributed by atoms with Crippen molar-refractivity contribution in [3.8, 4) is 11.5 Å². The number of methoxy groups -OCH3 is 2. The predicted molar refractivity (Wildman–Crippen MR) is 79.4 cm³/mol. The van der Waals surface area contributed by atoms with Crippen molar-refractivity contribution in [1.29, 1.82) is 0 Å². The molecule has 1 fully saturated rings. The van der Waals surface area contributed by atoms with Crippen molar-refractivity contribution in [1.82, 2.24) is 0 Å². The molecule has 2 unspecified atom stereocenters. The van der Waals surface area contributed by atoms with Crippen LogP contribution in [-0.4, -0.2) is 26.9 Å². The molecule has 1 aliphatic heterocycles. The van der Waals surface area contributed by atoms with Gasteiger partial charge in [0, 0.05) is 11.1 Å². The van der Waals surface area contributed by atoms with Crippen molar-refractivity contribution >= 4 is 27.5 Å². The Bertz CT molecular complexity index is 433. The lowest BCUT2D eigenvalue weighted by Crippen LogP contribution is -2.09. The van der Waals surface area contributed by atoms with Gasteiger partial charge in [0.2, 0.25) is 0 Å². The monoisotopic (exact) mass is 348 g/mol. The van der Waals surface area contributed by atoms with Gasteiger partial charge in [-0.15, -0.1) is 11.6 Å². The average Bonchev–Trinajstić information content (AvgIpc) is 2.90. The van der Waals surface area contributed by atoms with Crippen LogP contribution in [0.3, 0.4) is 0 Å². The maximum atomic E-state index is 6.51. The van der Waals surface area contributed by atoms with E-state index in [1.165, 1.54) is 0 Å². The maximum absolute atomic E-state index is 6.51. The van der Waals surface area contributed by atoms with Crippen molar-refractivity contribution in [2.24, 2.45) is 0 Å². The molecule has 2 atom stereocenters. The molecule has 1 aromatic carbocycles. The molecule has 2 rings (SSSR count). The van der Waals surface area contributed by atoms with Gasteiger partial charge >= 0.3 is 0 Å². The number of benzene rings is 1. The van der Waals surface area contributed by atoms with E-state index in [0.29, 0.717) is 11.5 Å². The fourth-order valence-electron chi connectivity index (χ4n) is 2.30. The quantitative estimate of drug-likeness (QED) is 0.741. The molecule has 0 N–H and O–H groups in total. The Hall–Kier alpha value is -0.450. The molecule has 106 valence electrons. The Morgan fingerprint density at radius 2 is 2.05 bits per heavy atom. The van der Waals surface area contributed by atoms with Gasteiger partial charge < -0.3 is 14.2 Å². The van der Waals surface area contributed by atoms with E-state index >= 15 is 0 Å². The van der Waals surface area contributed by atoms with Gasteiger partial charge in [0.1, 0.15) is 0 Å². The zero-order chi connectivity index (χ0) is 13.8. The standard InChI is InChI=1S/C14H18BrClO3/c1-17-13-7-10(11(15)8-14(13)18-2)12(16)6-9-4-3-5-19-9/h7-9,12H,3-6H2,1-2H3. The normalized spacial score (nSPS) is 20.3. The number of hydrogen-bond donors (Lipinski definition) is 0. The second kappa shape index (κ2) is 6.82. The number of ether oxygens (including phenoxy) is 3. The summed E-state index contributed by atoms with van der Waals surface area (Å²) in [5, 5.41) is -0.0997. The van der Waals surface area contributed by atoms with Crippen LogP contribution in [0.5, 0.6) is 11.5 Å². The molecular weight excluding hydrogens is 332 g/mol. The molecule has 0 spiro atoms. The van der Waals surface area contributed by atoms with Gasteiger partial charge in [-0.05, 0) is 37.0 Å². The summed E-state index contributed by atoms with van der Waals surface area (Å²) in [4.78, 5) is 0. The van der Waals surface area contributed by atoms with Crippen LogP contribution in [0, 0.1) is 0 Å². The van der Waals surface area contributed by atoms with Crippen LogP contribution in [0.2, 0.25) is 0 Å². The van der Waals surface area contributed by atoms with E-state index in [2.05, 4.69) is 15.9 Å². The summed E-state index contributed by atoms with van der Waals surface area (Å²) in [6.07, 6.45) is 3.30. The second-order valence-electron chi connectivity index (χ2n) is 4.57. The van der Waals surface area contributed by atoms with E-state index in [1.54, 1.807) is 14.2 Å². The fraction of sp³-hybridized carbons (Fsp3) is 0.571. The van der Waals surface area contributed by atoms with Crippen molar-refractivity contribution in [2.75, 3.05) is 20.8 Å². The molecule has 1 saturated heterocycles. The lowest BCUT2D eigenvalue weighted by Gasteiger charge is -2.18. The van der Waals surface area contributed by atoms with Crippen LogP contribution in [-0.2, 0) is 4.74 Å². The Morgan fingerprint density at radius 3 is 2.63 bits per heavy atom. The van der Waals surface area contributed by atoms with E-state index in [9.17, 15) is 0 Å². The van der Waals surface area contributed by atoms with Gasteiger partial charge in [0.15, 0.2) is 11.5 Å². The van der Waals surface area contributed by atoms with Crippen molar-refractivity contribution < 1.29 is 14.2 Å². The SMILES string of the molecule is COc1cc(Br)c(C(Cl)CC2CCCO2)cc1OC. The van der Waals surface area contributed by atoms with Crippen LogP contribution in [0.25, 0.3) is 0 Å². The number of hydrogen-bond acceptors (Lipinski definition) is 3. The molecule has 3 nitrogen and oxygen atoms in total. The van der Waals surface area contributed by atoms with Crippen LogP contribution in [0.4, 0.5) is 0 Å². The first kappa shape index (κ1) is 14.9. The molecule has 0 amide bonds. The molecule has 1 heterocycles. The van der Waals surface area contributed by atoms with Gasteiger partial charge in [-0.1, -0.05) is 15.9 Å². The molecule has 0 radical (unpaired) electrons. The highest BCUT2D eigenvalue weighted by molar-refractivity contribution is 9.10. The molecule has 19 heavy (non-hydrogen) atoms. The van der Waals surface area contributed by atoms with E-state index in [-0.39, 0.29) is 11.5 Å². The van der Waals surface area contributed by atoms with Crippen molar-refractivity contribution in [2.45, 2.75) is 30.7 Å². The zero-order valence-electron chi connectivity index (χ0n) is 11.1. The summed E-state index contributed by atoms with van der Waals surface area (Å²) in [6.45, 7) is 0.849. The summed E-state index contributed by atoms with van der Waals surface area (Å²) in [6, 6.07) is 3.81. The lowest BCUT2D eigenvalue weighted by atomic mass is 10.0. The fourth-order valence-corrected chi connectivity index (χ4v) is 3.41. The number of rotatable bonds is 5. The van der Waals surface area contributed by atoms with Crippen LogP contribution >= 0.6 is 27.5 Å². The summed E-state index contributed by atoms with van der Waals surface area (Å²) in [5.74, 6) is 1.39. The largest absolute Gasteiger partial charge is 0.493 e. The second-order valence-corrected chi connectivity index (χ2v) is 5.95. The zero-order valence-corrected chi connectivity index (χ0v) is 13.5. The van der Waals surface area contributed by atoms with E-state index in [4.69, 9.17) is 25.8 Å². The predicted octanol–water partition coefficient (Wildman–Crippen LogP) is 4.32. The van der Waals surface area contributed by atoms with Gasteiger partial charge in [-0.2, -0.15) is 0 Å². The highest BCUT2D eigenvalue weighted by Gasteiger charge is 2.23. The third-order valence-electron chi connectivity index (χ3n) is 3.33.